The molecule has 2 aliphatic heterocycles. The van der Waals surface area contributed by atoms with Crippen molar-refractivity contribution in [2.24, 2.45) is 0 Å². The molecule has 0 radical (unpaired) electrons. The number of fused-ring (bicyclic) bond motifs is 16. The van der Waals surface area contributed by atoms with E-state index in [1.165, 1.54) is 122 Å². The molecular weight excluding hydrogens is 709 g/mol. The Morgan fingerprint density at radius 3 is 1.51 bits per heavy atom. The molecule has 0 bridgehead atoms. The molecule has 1 nitrogen and oxygen atoms in total. The minimum Gasteiger partial charge on any atom is -0.310 e. The maximum atomic E-state index is 2.73. The molecule has 0 unspecified atom stereocenters. The van der Waals surface area contributed by atoms with E-state index in [0.717, 1.165) is 0 Å². The molecule has 0 aromatic heterocycles. The first kappa shape index (κ1) is 33.6. The van der Waals surface area contributed by atoms with Crippen LogP contribution in [0.3, 0.4) is 0 Å². The lowest BCUT2D eigenvalue weighted by molar-refractivity contribution is 0.660. The molecule has 0 atom stereocenters. The van der Waals surface area contributed by atoms with Crippen molar-refractivity contribution in [2.45, 2.75) is 57.8 Å². The Labute approximate surface area is 348 Å². The Kier molecular flexibility index (Phi) is 6.27. The predicted molar refractivity (Wildman–Crippen MR) is 249 cm³/mol. The summed E-state index contributed by atoms with van der Waals surface area (Å²) in [6.07, 6.45) is 0. The van der Waals surface area contributed by atoms with Crippen molar-refractivity contribution < 1.29 is 0 Å². The normalized spacial score (nSPS) is 16.6. The lowest BCUT2D eigenvalue weighted by atomic mass is 9.36. The Bertz CT molecular complexity index is 3200. The van der Waals surface area contributed by atoms with Gasteiger partial charge in [0.1, 0.15) is 0 Å². The van der Waals surface area contributed by atoms with Crippen LogP contribution < -0.4 is 21.3 Å². The van der Waals surface area contributed by atoms with Crippen LogP contribution in [0.4, 0.5) is 17.1 Å². The molecule has 59 heavy (non-hydrogen) atoms. The Hall–Kier alpha value is -6.38. The van der Waals surface area contributed by atoms with E-state index in [1.54, 1.807) is 0 Å². The summed E-state index contributed by atoms with van der Waals surface area (Å²) in [5.74, 6) is 0. The van der Waals surface area contributed by atoms with Gasteiger partial charge in [-0.1, -0.05) is 187 Å². The molecule has 0 spiro atoms. The van der Waals surface area contributed by atoms with E-state index < -0.39 is 0 Å². The largest absolute Gasteiger partial charge is 0.310 e. The van der Waals surface area contributed by atoms with Gasteiger partial charge in [-0.2, -0.15) is 0 Å². The third-order valence-corrected chi connectivity index (χ3v) is 15.3. The van der Waals surface area contributed by atoms with E-state index in [2.05, 4.69) is 204 Å². The fraction of sp³-hybridized carbons (Fsp3) is 0.158. The molecule has 8 aromatic carbocycles. The van der Waals surface area contributed by atoms with Crippen LogP contribution in [0.1, 0.15) is 74.9 Å². The van der Waals surface area contributed by atoms with Crippen LogP contribution in [-0.4, -0.2) is 6.71 Å². The van der Waals surface area contributed by atoms with Gasteiger partial charge in [0.2, 0.25) is 6.71 Å². The van der Waals surface area contributed by atoms with Crippen molar-refractivity contribution in [3.8, 4) is 55.6 Å². The molecule has 2 heteroatoms. The van der Waals surface area contributed by atoms with Crippen molar-refractivity contribution in [1.29, 1.82) is 0 Å². The SMILES string of the molecule is CC1(C)c2ccccc2-c2c(N3c4cc(-c5ccccc5)cc5c4B(c4ccc6c(c4-5)-c4ccccc4C6(C)C)c4ccc5c(c43)-c3ccccc3C5(C)C)cccc21. The molecule has 0 amide bonds. The highest BCUT2D eigenvalue weighted by Crippen LogP contribution is 2.60. The number of anilines is 3. The van der Waals surface area contributed by atoms with E-state index >= 15 is 0 Å². The van der Waals surface area contributed by atoms with Gasteiger partial charge in [0.15, 0.2) is 0 Å². The van der Waals surface area contributed by atoms with Gasteiger partial charge in [0.25, 0.3) is 0 Å². The molecular formula is C57H44BN. The average molecular weight is 754 g/mol. The Balaban J connectivity index is 1.22. The highest BCUT2D eigenvalue weighted by atomic mass is 15.2. The smallest absolute Gasteiger partial charge is 0.248 e. The highest BCUT2D eigenvalue weighted by Gasteiger charge is 2.50. The summed E-state index contributed by atoms with van der Waals surface area (Å²) in [5, 5.41) is 0. The monoisotopic (exact) mass is 753 g/mol. The van der Waals surface area contributed by atoms with E-state index in [4.69, 9.17) is 0 Å². The molecule has 2 heterocycles. The van der Waals surface area contributed by atoms with Crippen LogP contribution in [0, 0.1) is 0 Å². The summed E-state index contributed by atoms with van der Waals surface area (Å²) in [6.45, 7) is 14.6. The lowest BCUT2D eigenvalue weighted by Gasteiger charge is -2.39. The highest BCUT2D eigenvalue weighted by molar-refractivity contribution is 7.01. The van der Waals surface area contributed by atoms with Crippen molar-refractivity contribution in [3.63, 3.8) is 0 Å². The van der Waals surface area contributed by atoms with Crippen LogP contribution in [-0.2, 0) is 16.2 Å². The number of hydrogen-bond acceptors (Lipinski definition) is 1. The molecule has 0 N–H and O–H groups in total. The predicted octanol–water partition coefficient (Wildman–Crippen LogP) is 12.6. The van der Waals surface area contributed by atoms with Crippen molar-refractivity contribution in [2.75, 3.05) is 4.90 Å². The van der Waals surface area contributed by atoms with E-state index in [1.807, 2.05) is 0 Å². The van der Waals surface area contributed by atoms with Crippen LogP contribution in [0.15, 0.2) is 158 Å². The van der Waals surface area contributed by atoms with Crippen LogP contribution in [0.5, 0.6) is 0 Å². The second kappa shape index (κ2) is 11.0. The molecule has 13 rings (SSSR count). The quantitative estimate of drug-likeness (QED) is 0.159. The fourth-order valence-electron chi connectivity index (χ4n) is 12.5. The first-order chi connectivity index (χ1) is 28.6. The van der Waals surface area contributed by atoms with Crippen LogP contribution >= 0.6 is 0 Å². The van der Waals surface area contributed by atoms with Crippen molar-refractivity contribution in [3.05, 3.63) is 191 Å². The second-order valence-corrected chi connectivity index (χ2v) is 19.2. The summed E-state index contributed by atoms with van der Waals surface area (Å²) >= 11 is 0. The van der Waals surface area contributed by atoms with Crippen LogP contribution in [0.25, 0.3) is 55.6 Å². The van der Waals surface area contributed by atoms with Crippen molar-refractivity contribution >= 4 is 40.2 Å². The Morgan fingerprint density at radius 2 is 0.864 bits per heavy atom. The molecule has 5 aliphatic rings. The zero-order valence-electron chi connectivity index (χ0n) is 34.5. The van der Waals surface area contributed by atoms with Gasteiger partial charge in [-0.3, -0.25) is 0 Å². The number of rotatable bonds is 2. The average Bonchev–Trinajstić information content (AvgIpc) is 3.88. The maximum absolute atomic E-state index is 2.73. The summed E-state index contributed by atoms with van der Waals surface area (Å²) in [5.41, 5.74) is 29.7. The molecule has 3 aliphatic carbocycles. The molecule has 0 fully saturated rings. The lowest BCUT2D eigenvalue weighted by Crippen LogP contribution is -2.55. The van der Waals surface area contributed by atoms with Gasteiger partial charge in [-0.25, -0.2) is 0 Å². The van der Waals surface area contributed by atoms with Gasteiger partial charge < -0.3 is 4.90 Å². The molecule has 280 valence electrons. The summed E-state index contributed by atoms with van der Waals surface area (Å²) in [4.78, 5) is 2.73. The number of benzene rings is 8. The van der Waals surface area contributed by atoms with Gasteiger partial charge in [0, 0.05) is 38.7 Å². The van der Waals surface area contributed by atoms with Gasteiger partial charge in [-0.05, 0) is 107 Å². The summed E-state index contributed by atoms with van der Waals surface area (Å²) in [7, 11) is 0. The van der Waals surface area contributed by atoms with E-state index in [9.17, 15) is 0 Å². The Morgan fingerprint density at radius 1 is 0.356 bits per heavy atom. The van der Waals surface area contributed by atoms with E-state index in [-0.39, 0.29) is 23.0 Å². The minimum absolute atomic E-state index is 0.0916. The third kappa shape index (κ3) is 3.98. The second-order valence-electron chi connectivity index (χ2n) is 19.2. The number of nitrogens with zero attached hydrogens (tertiary/aromatic N) is 1. The third-order valence-electron chi connectivity index (χ3n) is 15.3. The van der Waals surface area contributed by atoms with E-state index in [0.29, 0.717) is 0 Å². The first-order valence-corrected chi connectivity index (χ1v) is 21.4. The topological polar surface area (TPSA) is 3.24 Å². The standard InChI is InChI=1S/C57H44BN/c1-55(2)39-22-13-10-19-35(39)49-42(55)25-16-26-47(49)59-48-32-34(33-17-8-7-9-18-33)31-38-52-45(29-27-43-50(52)36-20-11-14-23-40(36)56(43,3)4)58(53(38)48)46-30-28-44-51(54(46)59)37-21-12-15-24-41(37)57(44,5)6/h7-32H,1-6H3. The zero-order chi connectivity index (χ0) is 39.7. The fourth-order valence-corrected chi connectivity index (χ4v) is 12.5. The first-order valence-electron chi connectivity index (χ1n) is 21.4. The molecule has 8 aromatic rings. The summed E-state index contributed by atoms with van der Waals surface area (Å²) < 4.78 is 0. The molecule has 0 saturated carbocycles. The maximum Gasteiger partial charge on any atom is 0.248 e. The van der Waals surface area contributed by atoms with Crippen LogP contribution in [0.2, 0.25) is 0 Å². The van der Waals surface area contributed by atoms with Gasteiger partial charge >= 0.3 is 0 Å². The van der Waals surface area contributed by atoms with Gasteiger partial charge in [-0.15, -0.1) is 0 Å². The summed E-state index contributed by atoms with van der Waals surface area (Å²) in [6, 6.07) is 60.7. The van der Waals surface area contributed by atoms with Gasteiger partial charge in [0.05, 0.1) is 5.69 Å². The van der Waals surface area contributed by atoms with Crippen molar-refractivity contribution in [1.82, 2.24) is 0 Å². The minimum atomic E-state index is -0.138. The molecule has 0 saturated heterocycles. The zero-order valence-corrected chi connectivity index (χ0v) is 34.5. The number of hydrogen-bond donors (Lipinski definition) is 0.